The van der Waals surface area contributed by atoms with Crippen LogP contribution in [0, 0.1) is 0 Å². The van der Waals surface area contributed by atoms with Crippen LogP contribution in [-0.4, -0.2) is 21.7 Å². The van der Waals surface area contributed by atoms with Gasteiger partial charge >= 0.3 is 0 Å². The van der Waals surface area contributed by atoms with E-state index in [1.54, 1.807) is 6.20 Å². The second kappa shape index (κ2) is 8.33. The number of benzene rings is 3. The summed E-state index contributed by atoms with van der Waals surface area (Å²) in [5, 5.41) is 8.73. The Balaban J connectivity index is 1.53. The Morgan fingerprint density at radius 3 is 2.40 bits per heavy atom. The Kier molecular flexibility index (Phi) is 5.08. The van der Waals surface area contributed by atoms with Gasteiger partial charge < -0.3 is 9.80 Å². The summed E-state index contributed by atoms with van der Waals surface area (Å²) in [6.45, 7) is 1.60. The summed E-state index contributed by atoms with van der Waals surface area (Å²) >= 11 is 0. The first-order valence-electron chi connectivity index (χ1n) is 10.3. The predicted molar refractivity (Wildman–Crippen MR) is 120 cm³/mol. The van der Waals surface area contributed by atoms with Gasteiger partial charge in [0.2, 0.25) is 0 Å². The molecule has 0 atom stereocenters. The highest BCUT2D eigenvalue weighted by Crippen LogP contribution is 2.33. The topological polar surface area (TPSA) is 45.2 Å². The number of anilines is 4. The summed E-state index contributed by atoms with van der Waals surface area (Å²) in [7, 11) is 0. The zero-order valence-corrected chi connectivity index (χ0v) is 16.7. The second-order valence-corrected chi connectivity index (χ2v) is 7.41. The van der Waals surface area contributed by atoms with Crippen molar-refractivity contribution in [2.45, 2.75) is 19.4 Å². The molecule has 0 spiro atoms. The molecule has 0 aliphatic carbocycles. The Labute approximate surface area is 176 Å². The molecule has 4 aromatic rings. The highest BCUT2D eigenvalue weighted by Gasteiger charge is 2.21. The van der Waals surface area contributed by atoms with Crippen LogP contribution in [0.4, 0.5) is 23.1 Å². The molecule has 1 aliphatic rings. The van der Waals surface area contributed by atoms with E-state index in [0.29, 0.717) is 12.5 Å². The van der Waals surface area contributed by atoms with Crippen molar-refractivity contribution >= 4 is 23.1 Å². The van der Waals surface area contributed by atoms with Crippen molar-refractivity contribution in [3.8, 4) is 0 Å². The molecular formula is C25H23N5. The number of hydrogen-bond acceptors (Lipinski definition) is 5. The van der Waals surface area contributed by atoms with Gasteiger partial charge in [0.05, 0.1) is 12.7 Å². The largest absolute Gasteiger partial charge is 0.325 e. The number of para-hydroxylation sites is 2. The summed E-state index contributed by atoms with van der Waals surface area (Å²) in [4.78, 5) is 9.31. The minimum Gasteiger partial charge on any atom is -0.325 e. The SMILES string of the molecule is c1ccc(CN(c2ccccc2)c2nncc(N3CCCc4ccccc43)n2)cc1. The molecule has 2 heterocycles. The molecule has 0 saturated heterocycles. The monoisotopic (exact) mass is 393 g/mol. The number of rotatable bonds is 5. The summed E-state index contributed by atoms with van der Waals surface area (Å²) in [6, 6.07) is 29.2. The average molecular weight is 393 g/mol. The van der Waals surface area contributed by atoms with E-state index in [9.17, 15) is 0 Å². The van der Waals surface area contributed by atoms with Gasteiger partial charge in [0.25, 0.3) is 5.95 Å². The van der Waals surface area contributed by atoms with Crippen LogP contribution in [0.15, 0.2) is 91.1 Å². The summed E-state index contributed by atoms with van der Waals surface area (Å²) in [5.41, 5.74) is 4.80. The van der Waals surface area contributed by atoms with Crippen LogP contribution in [0.3, 0.4) is 0 Å². The van der Waals surface area contributed by atoms with E-state index < -0.39 is 0 Å². The number of fused-ring (bicyclic) bond motifs is 1. The van der Waals surface area contributed by atoms with Gasteiger partial charge in [-0.3, -0.25) is 0 Å². The molecule has 0 unspecified atom stereocenters. The Morgan fingerprint density at radius 2 is 1.57 bits per heavy atom. The van der Waals surface area contributed by atoms with Crippen molar-refractivity contribution in [1.82, 2.24) is 15.2 Å². The molecule has 3 aromatic carbocycles. The number of hydrogen-bond donors (Lipinski definition) is 0. The summed E-state index contributed by atoms with van der Waals surface area (Å²) in [5.74, 6) is 1.44. The van der Waals surface area contributed by atoms with Crippen molar-refractivity contribution < 1.29 is 0 Å². The van der Waals surface area contributed by atoms with E-state index in [0.717, 1.165) is 30.9 Å². The third-order valence-corrected chi connectivity index (χ3v) is 5.41. The molecular weight excluding hydrogens is 370 g/mol. The van der Waals surface area contributed by atoms with Gasteiger partial charge in [-0.2, -0.15) is 10.1 Å². The van der Waals surface area contributed by atoms with E-state index in [4.69, 9.17) is 4.98 Å². The van der Waals surface area contributed by atoms with Crippen LogP contribution in [0.2, 0.25) is 0 Å². The van der Waals surface area contributed by atoms with Crippen LogP contribution < -0.4 is 9.80 Å². The summed E-state index contributed by atoms with van der Waals surface area (Å²) < 4.78 is 0. The van der Waals surface area contributed by atoms with Crippen molar-refractivity contribution in [3.63, 3.8) is 0 Å². The maximum absolute atomic E-state index is 4.95. The lowest BCUT2D eigenvalue weighted by molar-refractivity contribution is 0.750. The molecule has 5 heteroatoms. The molecule has 30 heavy (non-hydrogen) atoms. The number of aromatic nitrogens is 3. The Bertz CT molecular complexity index is 1110. The normalized spacial score (nSPS) is 13.0. The van der Waals surface area contributed by atoms with E-state index in [2.05, 4.69) is 80.7 Å². The standard InChI is InChI=1S/C25H23N5/c1-3-10-20(11-4-1)19-30(22-14-5-2-6-15-22)25-27-24(18-26-28-25)29-17-9-13-21-12-7-8-16-23(21)29/h1-8,10-12,14-16,18H,9,13,17,19H2. The smallest absolute Gasteiger partial charge is 0.252 e. The zero-order chi connectivity index (χ0) is 20.2. The van der Waals surface area contributed by atoms with Gasteiger partial charge in [-0.1, -0.05) is 66.7 Å². The van der Waals surface area contributed by atoms with Crippen LogP contribution in [0.25, 0.3) is 0 Å². The molecule has 0 saturated carbocycles. The molecule has 0 amide bonds. The fraction of sp³-hybridized carbons (Fsp3) is 0.160. The lowest BCUT2D eigenvalue weighted by atomic mass is 10.0. The number of aryl methyl sites for hydroxylation is 1. The fourth-order valence-corrected chi connectivity index (χ4v) is 3.95. The zero-order valence-electron chi connectivity index (χ0n) is 16.7. The second-order valence-electron chi connectivity index (χ2n) is 7.41. The van der Waals surface area contributed by atoms with E-state index in [-0.39, 0.29) is 0 Å². The summed E-state index contributed by atoms with van der Waals surface area (Å²) in [6.07, 6.45) is 3.96. The molecule has 5 nitrogen and oxygen atoms in total. The van der Waals surface area contributed by atoms with E-state index >= 15 is 0 Å². The number of nitrogens with zero attached hydrogens (tertiary/aromatic N) is 5. The molecule has 0 fully saturated rings. The van der Waals surface area contributed by atoms with Crippen LogP contribution in [0.5, 0.6) is 0 Å². The van der Waals surface area contributed by atoms with Crippen molar-refractivity contribution in [3.05, 3.63) is 102 Å². The van der Waals surface area contributed by atoms with Crippen LogP contribution in [-0.2, 0) is 13.0 Å². The molecule has 0 bridgehead atoms. The highest BCUT2D eigenvalue weighted by atomic mass is 15.4. The van der Waals surface area contributed by atoms with Gasteiger partial charge in [-0.25, -0.2) is 0 Å². The van der Waals surface area contributed by atoms with Gasteiger partial charge in [0.1, 0.15) is 0 Å². The first-order chi connectivity index (χ1) is 14.9. The lowest BCUT2D eigenvalue weighted by Crippen LogP contribution is -2.27. The molecule has 0 N–H and O–H groups in total. The molecule has 5 rings (SSSR count). The first-order valence-corrected chi connectivity index (χ1v) is 10.3. The highest BCUT2D eigenvalue weighted by molar-refractivity contribution is 5.66. The third kappa shape index (κ3) is 3.74. The van der Waals surface area contributed by atoms with Gasteiger partial charge in [0, 0.05) is 17.9 Å². The van der Waals surface area contributed by atoms with E-state index in [1.807, 2.05) is 24.3 Å². The molecule has 1 aliphatic heterocycles. The van der Waals surface area contributed by atoms with Crippen LogP contribution in [0.1, 0.15) is 17.5 Å². The van der Waals surface area contributed by atoms with E-state index in [1.165, 1.54) is 16.8 Å². The minimum atomic E-state index is 0.602. The Hall–Kier alpha value is -3.73. The molecule has 0 radical (unpaired) electrons. The fourth-order valence-electron chi connectivity index (χ4n) is 3.95. The van der Waals surface area contributed by atoms with Crippen molar-refractivity contribution in [2.75, 3.05) is 16.3 Å². The predicted octanol–water partition coefficient (Wildman–Crippen LogP) is 5.29. The van der Waals surface area contributed by atoms with Crippen molar-refractivity contribution in [1.29, 1.82) is 0 Å². The molecule has 148 valence electrons. The maximum atomic E-state index is 4.95. The third-order valence-electron chi connectivity index (χ3n) is 5.41. The van der Waals surface area contributed by atoms with Crippen LogP contribution >= 0.6 is 0 Å². The van der Waals surface area contributed by atoms with Crippen molar-refractivity contribution in [2.24, 2.45) is 0 Å². The maximum Gasteiger partial charge on any atom is 0.252 e. The minimum absolute atomic E-state index is 0.602. The van der Waals surface area contributed by atoms with Gasteiger partial charge in [-0.05, 0) is 42.2 Å². The van der Waals surface area contributed by atoms with Gasteiger partial charge in [0.15, 0.2) is 5.82 Å². The molecule has 1 aromatic heterocycles. The van der Waals surface area contributed by atoms with Gasteiger partial charge in [-0.15, -0.1) is 5.10 Å². The average Bonchev–Trinajstić information content (AvgIpc) is 2.83. The quantitative estimate of drug-likeness (QED) is 0.461. The Morgan fingerprint density at radius 1 is 0.833 bits per heavy atom. The lowest BCUT2D eigenvalue weighted by Gasteiger charge is -2.31. The first kappa shape index (κ1) is 18.3.